The van der Waals surface area contributed by atoms with E-state index in [-0.39, 0.29) is 27.1 Å². The van der Waals surface area contributed by atoms with Crippen LogP contribution in [0.3, 0.4) is 0 Å². The highest BCUT2D eigenvalue weighted by Crippen LogP contribution is 2.69. The van der Waals surface area contributed by atoms with Gasteiger partial charge in [-0.05, 0) is 184 Å². The van der Waals surface area contributed by atoms with Crippen molar-refractivity contribution in [3.05, 3.63) is 161 Å². The minimum Gasteiger partial charge on any atom is -0.457 e. The summed E-state index contributed by atoms with van der Waals surface area (Å²) in [6, 6.07) is 49.5. The van der Waals surface area contributed by atoms with E-state index in [1.807, 2.05) is 0 Å². The molecule has 1 aliphatic heterocycles. The molecular weight excluding hydrogens is 775 g/mol. The number of hydrogen-bond donors (Lipinski definition) is 0. The molecule has 1 heterocycles. The molecule has 6 aromatic carbocycles. The Hall–Kier alpha value is -5.08. The fraction of sp³-hybridized carbons (Fsp3) is 0.419. The molecule has 7 aliphatic rings. The third-order valence-electron chi connectivity index (χ3n) is 18.3. The third kappa shape index (κ3) is 6.09. The first kappa shape index (κ1) is 40.4. The van der Waals surface area contributed by atoms with E-state index in [9.17, 15) is 0 Å². The summed E-state index contributed by atoms with van der Waals surface area (Å²) in [5.74, 6) is 5.25. The summed E-state index contributed by atoms with van der Waals surface area (Å²) in [5.41, 5.74) is 18.2. The summed E-state index contributed by atoms with van der Waals surface area (Å²) < 4.78 is 7.05. The molecule has 4 saturated carbocycles. The number of anilines is 3. The number of nitrogens with zero attached hydrogens (tertiary/aromatic N) is 1. The van der Waals surface area contributed by atoms with Crippen LogP contribution in [0.25, 0.3) is 22.3 Å². The van der Waals surface area contributed by atoms with Crippen molar-refractivity contribution < 1.29 is 4.74 Å². The first-order chi connectivity index (χ1) is 30.6. The smallest absolute Gasteiger partial charge is 0.133 e. The molecule has 64 heavy (non-hydrogen) atoms. The van der Waals surface area contributed by atoms with Gasteiger partial charge < -0.3 is 9.64 Å². The second kappa shape index (κ2) is 14.0. The normalized spacial score (nSPS) is 26.9. The van der Waals surface area contributed by atoms with Crippen molar-refractivity contribution in [1.82, 2.24) is 0 Å². The summed E-state index contributed by atoms with van der Waals surface area (Å²) in [5, 5.41) is 0. The predicted octanol–water partition coefficient (Wildman–Crippen LogP) is 17.0. The van der Waals surface area contributed by atoms with Gasteiger partial charge in [0.05, 0.1) is 0 Å². The van der Waals surface area contributed by atoms with E-state index in [2.05, 4.69) is 188 Å². The fourth-order valence-electron chi connectivity index (χ4n) is 14.6. The molecule has 326 valence electrons. The second-order valence-electron chi connectivity index (χ2n) is 23.9. The standard InChI is InChI=1S/C62H67NO/c1-58(2)27-29-60(5,6)54-36-43(17-24-50(54)58)41-13-19-47(20-14-41)63(48-21-15-42(16-22-48)44-18-25-51-55(37-44)61(7,8)30-28-59(51,3)4)49-23-26-53-57(38-49)64-56-12-10-9-11-52(56)62(53)45-32-39-31-40(34-45)35-46(62)33-39/h9-26,36-40,45-46H,27-35H2,1-8H3. The largest absolute Gasteiger partial charge is 0.457 e. The Bertz CT molecular complexity index is 2670. The average molecular weight is 842 g/mol. The number of para-hydroxylation sites is 1. The second-order valence-corrected chi connectivity index (χ2v) is 23.9. The monoisotopic (exact) mass is 842 g/mol. The maximum Gasteiger partial charge on any atom is 0.133 e. The first-order valence-corrected chi connectivity index (χ1v) is 24.8. The molecule has 4 fully saturated rings. The van der Waals surface area contributed by atoms with Crippen molar-refractivity contribution in [3.8, 4) is 33.8 Å². The van der Waals surface area contributed by atoms with Crippen LogP contribution < -0.4 is 9.64 Å². The maximum atomic E-state index is 7.05. The van der Waals surface area contributed by atoms with Gasteiger partial charge in [0.25, 0.3) is 0 Å². The Kier molecular flexibility index (Phi) is 8.82. The highest BCUT2D eigenvalue weighted by atomic mass is 16.5. The highest BCUT2D eigenvalue weighted by molar-refractivity contribution is 5.82. The summed E-state index contributed by atoms with van der Waals surface area (Å²) in [4.78, 5) is 2.46. The van der Waals surface area contributed by atoms with Crippen LogP contribution >= 0.6 is 0 Å². The van der Waals surface area contributed by atoms with E-state index < -0.39 is 0 Å². The molecule has 0 amide bonds. The molecule has 0 aromatic heterocycles. The van der Waals surface area contributed by atoms with Crippen LogP contribution in [0.5, 0.6) is 11.5 Å². The number of benzene rings is 6. The van der Waals surface area contributed by atoms with Crippen molar-refractivity contribution >= 4 is 17.1 Å². The maximum absolute atomic E-state index is 7.05. The van der Waals surface area contributed by atoms with Crippen LogP contribution in [0, 0.1) is 23.7 Å². The summed E-state index contributed by atoms with van der Waals surface area (Å²) in [7, 11) is 0. The molecule has 4 bridgehead atoms. The van der Waals surface area contributed by atoms with E-state index >= 15 is 0 Å². The van der Waals surface area contributed by atoms with Gasteiger partial charge in [0.2, 0.25) is 0 Å². The molecule has 0 radical (unpaired) electrons. The number of hydrogen-bond acceptors (Lipinski definition) is 2. The predicted molar refractivity (Wildman–Crippen MR) is 267 cm³/mol. The molecule has 1 spiro atoms. The van der Waals surface area contributed by atoms with Crippen LogP contribution in [0.15, 0.2) is 127 Å². The van der Waals surface area contributed by atoms with Gasteiger partial charge in [-0.2, -0.15) is 0 Å². The number of rotatable bonds is 5. The van der Waals surface area contributed by atoms with E-state index in [1.165, 1.54) is 113 Å². The van der Waals surface area contributed by atoms with Gasteiger partial charge in [-0.25, -0.2) is 0 Å². The van der Waals surface area contributed by atoms with Gasteiger partial charge in [0, 0.05) is 39.7 Å². The van der Waals surface area contributed by atoms with Crippen LogP contribution in [0.4, 0.5) is 17.1 Å². The zero-order chi connectivity index (χ0) is 44.0. The van der Waals surface area contributed by atoms with E-state index in [0.717, 1.165) is 40.4 Å². The van der Waals surface area contributed by atoms with E-state index in [4.69, 9.17) is 4.74 Å². The van der Waals surface area contributed by atoms with Crippen molar-refractivity contribution in [2.45, 2.75) is 140 Å². The Morgan fingerprint density at radius 3 is 1.28 bits per heavy atom. The lowest BCUT2D eigenvalue weighted by atomic mass is 9.42. The molecule has 6 aromatic rings. The molecule has 0 unspecified atom stereocenters. The molecule has 0 N–H and O–H groups in total. The summed E-state index contributed by atoms with van der Waals surface area (Å²) in [6.45, 7) is 19.4. The molecular formula is C62H67NO. The van der Waals surface area contributed by atoms with E-state index in [1.54, 1.807) is 0 Å². The minimum atomic E-state index is 0.0293. The molecule has 6 aliphatic carbocycles. The molecule has 13 rings (SSSR count). The first-order valence-electron chi connectivity index (χ1n) is 24.8. The quantitative estimate of drug-likeness (QED) is 0.171. The van der Waals surface area contributed by atoms with Gasteiger partial charge >= 0.3 is 0 Å². The topological polar surface area (TPSA) is 12.5 Å². The van der Waals surface area contributed by atoms with Crippen LogP contribution in [-0.4, -0.2) is 0 Å². The van der Waals surface area contributed by atoms with Gasteiger partial charge in [0.15, 0.2) is 0 Å². The Morgan fingerprint density at radius 2 is 0.781 bits per heavy atom. The molecule has 2 nitrogen and oxygen atoms in total. The summed E-state index contributed by atoms with van der Waals surface area (Å²) in [6.07, 6.45) is 11.7. The van der Waals surface area contributed by atoms with Crippen molar-refractivity contribution in [2.75, 3.05) is 4.90 Å². The SMILES string of the molecule is CC1(C)CCC(C)(C)c2cc(-c3ccc(N(c4ccc(-c5ccc6c(c5)C(C)(C)CCC6(C)C)cc4)c4ccc5c(c4)Oc4ccccc4C54C5CC6CC(C5)CC4C6)cc3)ccc21. The van der Waals surface area contributed by atoms with Gasteiger partial charge in [-0.15, -0.1) is 0 Å². The highest BCUT2D eigenvalue weighted by Gasteiger charge is 2.61. The number of ether oxygens (including phenoxy) is 1. The third-order valence-corrected chi connectivity index (χ3v) is 18.3. The lowest BCUT2D eigenvalue weighted by Gasteiger charge is -2.63. The number of fused-ring (bicyclic) bond motifs is 4. The summed E-state index contributed by atoms with van der Waals surface area (Å²) >= 11 is 0. The minimum absolute atomic E-state index is 0.0293. The lowest BCUT2D eigenvalue weighted by Crippen LogP contribution is -2.56. The van der Waals surface area contributed by atoms with Gasteiger partial charge in [-0.3, -0.25) is 0 Å². The van der Waals surface area contributed by atoms with Gasteiger partial charge in [-0.1, -0.05) is 140 Å². The Balaban J connectivity index is 0.959. The lowest BCUT2D eigenvalue weighted by molar-refractivity contribution is -0.0452. The van der Waals surface area contributed by atoms with Crippen molar-refractivity contribution in [2.24, 2.45) is 23.7 Å². The van der Waals surface area contributed by atoms with Gasteiger partial charge in [0.1, 0.15) is 11.5 Å². The Morgan fingerprint density at radius 1 is 0.375 bits per heavy atom. The Labute approximate surface area is 383 Å². The van der Waals surface area contributed by atoms with Crippen LogP contribution in [0.2, 0.25) is 0 Å². The van der Waals surface area contributed by atoms with Crippen LogP contribution in [-0.2, 0) is 27.1 Å². The molecule has 0 atom stereocenters. The van der Waals surface area contributed by atoms with Crippen molar-refractivity contribution in [1.29, 1.82) is 0 Å². The zero-order valence-corrected chi connectivity index (χ0v) is 39.7. The van der Waals surface area contributed by atoms with E-state index in [0.29, 0.717) is 11.8 Å². The van der Waals surface area contributed by atoms with Crippen LogP contribution in [0.1, 0.15) is 147 Å². The molecule has 0 saturated heterocycles. The average Bonchev–Trinajstić information content (AvgIpc) is 3.28. The van der Waals surface area contributed by atoms with Crippen molar-refractivity contribution in [3.63, 3.8) is 0 Å². The zero-order valence-electron chi connectivity index (χ0n) is 39.7. The molecule has 2 heteroatoms. The fourth-order valence-corrected chi connectivity index (χ4v) is 14.6.